The summed E-state index contributed by atoms with van der Waals surface area (Å²) in [6, 6.07) is 0. The lowest BCUT2D eigenvalue weighted by Gasteiger charge is -2.24. The van der Waals surface area contributed by atoms with Crippen molar-refractivity contribution in [1.29, 1.82) is 0 Å². The number of nitrogen functional groups attached to an aromatic ring is 1. The van der Waals surface area contributed by atoms with E-state index in [1.54, 1.807) is 0 Å². The molecular weight excluding hydrogens is 224 g/mol. The summed E-state index contributed by atoms with van der Waals surface area (Å²) in [5.74, 6) is 2.36. The molecule has 102 valence electrons. The van der Waals surface area contributed by atoms with Crippen LogP contribution in [0, 0.1) is 6.92 Å². The van der Waals surface area contributed by atoms with Crippen molar-refractivity contribution < 1.29 is 0 Å². The Hall–Kier alpha value is -1.32. The van der Waals surface area contributed by atoms with Gasteiger partial charge in [-0.3, -0.25) is 0 Å². The number of rotatable bonds is 4. The smallest absolute Gasteiger partial charge is 0.138 e. The van der Waals surface area contributed by atoms with Crippen molar-refractivity contribution in [3.8, 4) is 0 Å². The molecule has 4 heteroatoms. The first kappa shape index (κ1) is 14.7. The fourth-order valence-corrected chi connectivity index (χ4v) is 1.73. The van der Waals surface area contributed by atoms with Crippen LogP contribution in [0.2, 0.25) is 0 Å². The highest BCUT2D eigenvalue weighted by molar-refractivity contribution is 5.56. The number of hydrogen-bond acceptors (Lipinski definition) is 4. The number of aromatic nitrogens is 2. The Morgan fingerprint density at radius 3 is 2.33 bits per heavy atom. The zero-order chi connectivity index (χ0) is 13.9. The fraction of sp³-hybridized carbons (Fsp3) is 0.714. The summed E-state index contributed by atoms with van der Waals surface area (Å²) in [5.41, 5.74) is 6.90. The summed E-state index contributed by atoms with van der Waals surface area (Å²) in [6.45, 7) is 11.5. The number of nitrogens with two attached hydrogens (primary N) is 1. The van der Waals surface area contributed by atoms with Gasteiger partial charge in [0.05, 0.1) is 0 Å². The van der Waals surface area contributed by atoms with E-state index in [0.717, 1.165) is 30.2 Å². The van der Waals surface area contributed by atoms with E-state index < -0.39 is 0 Å². The monoisotopic (exact) mass is 250 g/mol. The molecule has 0 saturated carbocycles. The first-order valence-corrected chi connectivity index (χ1v) is 6.63. The van der Waals surface area contributed by atoms with Crippen LogP contribution in [0.25, 0.3) is 0 Å². The zero-order valence-corrected chi connectivity index (χ0v) is 12.5. The van der Waals surface area contributed by atoms with Crippen molar-refractivity contribution in [2.75, 3.05) is 24.2 Å². The van der Waals surface area contributed by atoms with Gasteiger partial charge in [0.1, 0.15) is 17.5 Å². The Bertz CT molecular complexity index is 407. The van der Waals surface area contributed by atoms with E-state index in [0.29, 0.717) is 5.82 Å². The molecule has 0 amide bonds. The van der Waals surface area contributed by atoms with E-state index in [2.05, 4.69) is 44.6 Å². The molecule has 0 bridgehead atoms. The number of unbranched alkanes of at least 4 members (excludes halogenated alkanes) is 1. The lowest BCUT2D eigenvalue weighted by molar-refractivity contribution is 0.544. The number of anilines is 2. The molecule has 0 aliphatic carbocycles. The van der Waals surface area contributed by atoms with Crippen LogP contribution in [0.3, 0.4) is 0 Å². The lowest BCUT2D eigenvalue weighted by Crippen LogP contribution is -2.25. The third-order valence-electron chi connectivity index (χ3n) is 3.04. The highest BCUT2D eigenvalue weighted by Crippen LogP contribution is 2.26. The Labute approximate surface area is 111 Å². The number of nitrogens with zero attached hydrogens (tertiary/aromatic N) is 3. The van der Waals surface area contributed by atoms with Gasteiger partial charge in [0.15, 0.2) is 0 Å². The van der Waals surface area contributed by atoms with Crippen molar-refractivity contribution in [2.45, 2.75) is 52.9 Å². The maximum atomic E-state index is 6.01. The number of hydrogen-bond donors (Lipinski definition) is 1. The van der Waals surface area contributed by atoms with Crippen LogP contribution in [0.5, 0.6) is 0 Å². The highest BCUT2D eigenvalue weighted by atomic mass is 15.2. The van der Waals surface area contributed by atoms with E-state index in [4.69, 9.17) is 10.7 Å². The maximum absolute atomic E-state index is 6.01. The Kier molecular flexibility index (Phi) is 4.54. The molecule has 1 aromatic heterocycles. The molecule has 0 aliphatic heterocycles. The molecular formula is C14H26N4. The molecule has 4 nitrogen and oxygen atoms in total. The molecule has 0 atom stereocenters. The third-order valence-corrected chi connectivity index (χ3v) is 3.04. The highest BCUT2D eigenvalue weighted by Gasteiger charge is 2.21. The average molecular weight is 250 g/mol. The van der Waals surface area contributed by atoms with Crippen LogP contribution >= 0.6 is 0 Å². The van der Waals surface area contributed by atoms with Crippen molar-refractivity contribution in [3.63, 3.8) is 0 Å². The molecule has 0 aromatic carbocycles. The molecule has 1 rings (SSSR count). The van der Waals surface area contributed by atoms with Crippen molar-refractivity contribution in [1.82, 2.24) is 9.97 Å². The van der Waals surface area contributed by atoms with E-state index in [-0.39, 0.29) is 5.41 Å². The van der Waals surface area contributed by atoms with Crippen LogP contribution in [-0.2, 0) is 5.41 Å². The van der Waals surface area contributed by atoms with Gasteiger partial charge >= 0.3 is 0 Å². The van der Waals surface area contributed by atoms with E-state index in [1.165, 1.54) is 6.42 Å². The molecule has 18 heavy (non-hydrogen) atoms. The summed E-state index contributed by atoms with van der Waals surface area (Å²) in [7, 11) is 2.07. The first-order valence-electron chi connectivity index (χ1n) is 6.63. The molecule has 0 spiro atoms. The minimum absolute atomic E-state index is 0.0812. The molecule has 0 saturated heterocycles. The summed E-state index contributed by atoms with van der Waals surface area (Å²) in [5, 5.41) is 0. The van der Waals surface area contributed by atoms with Gasteiger partial charge < -0.3 is 10.6 Å². The molecule has 0 aliphatic rings. The largest absolute Gasteiger partial charge is 0.383 e. The predicted octanol–water partition coefficient (Wildman–Crippen LogP) is 2.90. The van der Waals surface area contributed by atoms with E-state index in [1.807, 2.05) is 6.92 Å². The van der Waals surface area contributed by atoms with Gasteiger partial charge in [-0.15, -0.1) is 0 Å². The second kappa shape index (κ2) is 5.55. The third kappa shape index (κ3) is 3.34. The van der Waals surface area contributed by atoms with Crippen molar-refractivity contribution >= 4 is 11.6 Å². The average Bonchev–Trinajstić information content (AvgIpc) is 2.27. The van der Waals surface area contributed by atoms with Gasteiger partial charge in [0.2, 0.25) is 0 Å². The lowest BCUT2D eigenvalue weighted by atomic mass is 9.95. The van der Waals surface area contributed by atoms with E-state index >= 15 is 0 Å². The van der Waals surface area contributed by atoms with Crippen molar-refractivity contribution in [3.05, 3.63) is 11.4 Å². The maximum Gasteiger partial charge on any atom is 0.138 e. The minimum atomic E-state index is -0.0812. The second-order valence-electron chi connectivity index (χ2n) is 5.91. The fourth-order valence-electron chi connectivity index (χ4n) is 1.73. The Morgan fingerprint density at radius 1 is 1.22 bits per heavy atom. The zero-order valence-electron chi connectivity index (χ0n) is 12.5. The molecule has 1 aromatic rings. The summed E-state index contributed by atoms with van der Waals surface area (Å²) in [4.78, 5) is 11.3. The van der Waals surface area contributed by atoms with Gasteiger partial charge in [-0.1, -0.05) is 34.1 Å². The quantitative estimate of drug-likeness (QED) is 0.892. The van der Waals surface area contributed by atoms with Crippen LogP contribution in [0.15, 0.2) is 0 Å². The van der Waals surface area contributed by atoms with E-state index in [9.17, 15) is 0 Å². The normalized spacial score (nSPS) is 11.7. The van der Waals surface area contributed by atoms with Gasteiger partial charge in [0.25, 0.3) is 0 Å². The van der Waals surface area contributed by atoms with Crippen LogP contribution < -0.4 is 10.6 Å². The second-order valence-corrected chi connectivity index (χ2v) is 5.91. The van der Waals surface area contributed by atoms with Crippen molar-refractivity contribution in [2.24, 2.45) is 0 Å². The van der Waals surface area contributed by atoms with Gasteiger partial charge in [-0.25, -0.2) is 9.97 Å². The molecule has 2 N–H and O–H groups in total. The van der Waals surface area contributed by atoms with Gasteiger partial charge in [-0.05, 0) is 13.3 Å². The summed E-state index contributed by atoms with van der Waals surface area (Å²) >= 11 is 0. The first-order chi connectivity index (χ1) is 8.27. The summed E-state index contributed by atoms with van der Waals surface area (Å²) in [6.07, 6.45) is 2.33. The summed E-state index contributed by atoms with van der Waals surface area (Å²) < 4.78 is 0. The van der Waals surface area contributed by atoms with Gasteiger partial charge in [0, 0.05) is 24.6 Å². The predicted molar refractivity (Wildman–Crippen MR) is 78.1 cm³/mol. The molecule has 0 unspecified atom stereocenters. The van der Waals surface area contributed by atoms with Crippen LogP contribution in [-0.4, -0.2) is 23.6 Å². The SMILES string of the molecule is CCCCN(C)c1nc(C(C)(C)C)nc(N)c1C. The topological polar surface area (TPSA) is 55.0 Å². The standard InChI is InChI=1S/C14H26N4/c1-7-8-9-18(6)12-10(2)11(15)16-13(17-12)14(3,4)5/h7-9H2,1-6H3,(H2,15,16,17). The Balaban J connectivity index is 3.14. The van der Waals surface area contributed by atoms with Crippen LogP contribution in [0.1, 0.15) is 51.9 Å². The van der Waals surface area contributed by atoms with Crippen LogP contribution in [0.4, 0.5) is 11.6 Å². The minimum Gasteiger partial charge on any atom is -0.383 e. The Morgan fingerprint density at radius 2 is 1.83 bits per heavy atom. The molecule has 1 heterocycles. The molecule has 0 fully saturated rings. The van der Waals surface area contributed by atoms with Gasteiger partial charge in [-0.2, -0.15) is 0 Å². The molecule has 0 radical (unpaired) electrons.